The lowest BCUT2D eigenvalue weighted by atomic mass is 9.95. The minimum absolute atomic E-state index is 0.0444. The number of aromatic nitrogens is 2. The van der Waals surface area contributed by atoms with Crippen LogP contribution in [0, 0.1) is 0 Å². The molecule has 2 aromatic heterocycles. The number of aliphatic hydroxyl groups excluding tert-OH is 1. The van der Waals surface area contributed by atoms with E-state index in [4.69, 9.17) is 25.9 Å². The summed E-state index contributed by atoms with van der Waals surface area (Å²) in [6, 6.07) is 21.2. The highest BCUT2D eigenvalue weighted by Crippen LogP contribution is 2.44. The van der Waals surface area contributed by atoms with Gasteiger partial charge in [0.15, 0.2) is 22.5 Å². The monoisotopic (exact) mass is 633 g/mol. The molecule has 1 amide bonds. The Balaban J connectivity index is 1.35. The van der Waals surface area contributed by atoms with E-state index in [1.807, 2.05) is 18.2 Å². The van der Waals surface area contributed by atoms with Crippen LogP contribution in [0.2, 0.25) is 5.02 Å². The van der Waals surface area contributed by atoms with Crippen molar-refractivity contribution < 1.29 is 33.8 Å². The smallest absolute Gasteiger partial charge is 0.341 e. The molecule has 0 spiro atoms. The summed E-state index contributed by atoms with van der Waals surface area (Å²) in [5.41, 5.74) is 1.64. The summed E-state index contributed by atoms with van der Waals surface area (Å²) in [6.45, 7) is -0.538. The molecule has 3 heterocycles. The first kappa shape index (κ1) is 28.5. The van der Waals surface area contributed by atoms with E-state index in [2.05, 4.69) is 10.2 Å². The number of carbonyl (C=O) groups excluding carboxylic acids is 2. The number of fused-ring (bicyclic) bond motifs is 1. The van der Waals surface area contributed by atoms with Crippen LogP contribution in [0.1, 0.15) is 27.7 Å². The van der Waals surface area contributed by atoms with Gasteiger partial charge in [-0.25, -0.2) is 4.79 Å². The number of nitrogens with zero attached hydrogens (tertiary/aromatic N) is 3. The van der Waals surface area contributed by atoms with E-state index in [0.29, 0.717) is 31.6 Å². The van der Waals surface area contributed by atoms with E-state index in [9.17, 15) is 19.5 Å². The van der Waals surface area contributed by atoms with Crippen LogP contribution in [-0.4, -0.2) is 44.7 Å². The molecule has 13 heteroatoms. The summed E-state index contributed by atoms with van der Waals surface area (Å²) >= 11 is 8.79. The fourth-order valence-electron chi connectivity index (χ4n) is 4.58. The van der Waals surface area contributed by atoms with Gasteiger partial charge in [-0.1, -0.05) is 83.2 Å². The molecule has 1 atom stereocenters. The van der Waals surface area contributed by atoms with Crippen molar-refractivity contribution in [2.24, 2.45) is 0 Å². The Labute approximate surface area is 257 Å². The summed E-state index contributed by atoms with van der Waals surface area (Å²) < 4.78 is 11.6. The van der Waals surface area contributed by atoms with Crippen molar-refractivity contribution in [1.29, 1.82) is 0 Å². The average molecular weight is 634 g/mol. The van der Waals surface area contributed by atoms with Crippen LogP contribution in [0.3, 0.4) is 0 Å². The van der Waals surface area contributed by atoms with Gasteiger partial charge in [-0.15, -0.1) is 10.2 Å². The van der Waals surface area contributed by atoms with Gasteiger partial charge in [-0.2, -0.15) is 0 Å². The third-order valence-corrected chi connectivity index (χ3v) is 9.04. The number of carboxylic acids is 1. The molecule has 0 aliphatic carbocycles. The summed E-state index contributed by atoms with van der Waals surface area (Å²) in [7, 11) is 0. The number of amides is 1. The van der Waals surface area contributed by atoms with E-state index >= 15 is 0 Å². The highest BCUT2D eigenvalue weighted by molar-refractivity contribution is 8.00. The Kier molecular flexibility index (Phi) is 7.89. The number of anilines is 1. The zero-order chi connectivity index (χ0) is 30.1. The van der Waals surface area contributed by atoms with Crippen LogP contribution in [0.25, 0.3) is 11.0 Å². The minimum atomic E-state index is -1.14. The van der Waals surface area contributed by atoms with Gasteiger partial charge >= 0.3 is 5.97 Å². The molecule has 0 saturated carbocycles. The quantitative estimate of drug-likeness (QED) is 0.0996. The highest BCUT2D eigenvalue weighted by atomic mass is 35.5. The fourth-order valence-corrected chi connectivity index (χ4v) is 6.73. The number of aliphatic hydroxyl groups is 1. The number of carboxylic acid groups (broad SMARTS) is 1. The molecule has 6 rings (SSSR count). The van der Waals surface area contributed by atoms with Crippen LogP contribution in [0.5, 0.6) is 5.75 Å². The van der Waals surface area contributed by atoms with Gasteiger partial charge in [0.05, 0.1) is 11.6 Å². The van der Waals surface area contributed by atoms with Crippen molar-refractivity contribution >= 4 is 68.5 Å². The van der Waals surface area contributed by atoms with Gasteiger partial charge in [-0.3, -0.25) is 14.5 Å². The number of benzene rings is 3. The Morgan fingerprint density at radius 2 is 1.79 bits per heavy atom. The number of para-hydroxylation sites is 1. The SMILES string of the molecule is O=C(O)COc1ccc(C2C(C(=O)c3cc4ccccc4o3)=C(O)C(=O)N2c2nnc(SCc3ccccc3Cl)s2)cc1. The van der Waals surface area contributed by atoms with E-state index in [0.717, 1.165) is 16.9 Å². The second-order valence-electron chi connectivity index (χ2n) is 9.30. The van der Waals surface area contributed by atoms with Gasteiger partial charge < -0.3 is 19.4 Å². The molecule has 1 aliphatic heterocycles. The zero-order valence-electron chi connectivity index (χ0n) is 22.0. The molecular formula is C30H20ClN3O7S2. The highest BCUT2D eigenvalue weighted by Gasteiger charge is 2.46. The minimum Gasteiger partial charge on any atom is -0.503 e. The Morgan fingerprint density at radius 1 is 1.05 bits per heavy atom. The predicted molar refractivity (Wildman–Crippen MR) is 161 cm³/mol. The van der Waals surface area contributed by atoms with E-state index in [-0.39, 0.29) is 22.2 Å². The lowest BCUT2D eigenvalue weighted by Crippen LogP contribution is -2.31. The second-order valence-corrected chi connectivity index (χ2v) is 11.9. The van der Waals surface area contributed by atoms with Gasteiger partial charge in [0.2, 0.25) is 10.9 Å². The molecule has 1 aliphatic rings. The van der Waals surface area contributed by atoms with E-state index < -0.39 is 36.1 Å². The van der Waals surface area contributed by atoms with E-state index in [1.165, 1.54) is 28.8 Å². The standard InChI is InChI=1S/C30H20ClN3O7S2/c31-20-7-3-1-6-18(20)15-42-30-33-32-29(43-30)34-25(16-9-11-19(12-10-16)40-14-23(35)36)24(27(38)28(34)39)26(37)22-13-17-5-2-4-8-21(17)41-22/h1-13,25,38H,14-15H2,(H,35,36). The van der Waals surface area contributed by atoms with Crippen LogP contribution >= 0.6 is 34.7 Å². The Morgan fingerprint density at radius 3 is 2.53 bits per heavy atom. The number of thioether (sulfide) groups is 1. The topological polar surface area (TPSA) is 143 Å². The number of carbonyl (C=O) groups is 3. The molecule has 0 saturated heterocycles. The third-order valence-electron chi connectivity index (χ3n) is 6.57. The average Bonchev–Trinajstić information content (AvgIpc) is 3.72. The van der Waals surface area contributed by atoms with Gasteiger partial charge in [-0.05, 0) is 41.5 Å². The molecule has 1 unspecified atom stereocenters. The Bertz CT molecular complexity index is 1870. The Hall–Kier alpha value is -4.65. The third kappa shape index (κ3) is 5.72. The normalized spacial score (nSPS) is 15.0. The number of Topliss-reactive ketones (excluding diaryl/α,β-unsaturated/α-hetero) is 1. The number of hydrogen-bond acceptors (Lipinski definition) is 10. The van der Waals surface area contributed by atoms with E-state index in [1.54, 1.807) is 48.5 Å². The summed E-state index contributed by atoms with van der Waals surface area (Å²) in [5, 5.41) is 29.9. The zero-order valence-corrected chi connectivity index (χ0v) is 24.4. The lowest BCUT2D eigenvalue weighted by Gasteiger charge is -2.24. The molecule has 2 N–H and O–H groups in total. The molecule has 10 nitrogen and oxygen atoms in total. The van der Waals surface area contributed by atoms with Crippen molar-refractivity contribution in [2.75, 3.05) is 11.5 Å². The fraction of sp³-hybridized carbons (Fsp3) is 0.100. The predicted octanol–water partition coefficient (Wildman–Crippen LogP) is 6.48. The maximum Gasteiger partial charge on any atom is 0.341 e. The molecular weight excluding hydrogens is 614 g/mol. The summed E-state index contributed by atoms with van der Waals surface area (Å²) in [5.74, 6) is -2.62. The number of hydrogen-bond donors (Lipinski definition) is 2. The molecule has 216 valence electrons. The maximum absolute atomic E-state index is 13.8. The number of ketones is 1. The van der Waals surface area contributed by atoms with Gasteiger partial charge in [0, 0.05) is 16.2 Å². The van der Waals surface area contributed by atoms with Gasteiger partial charge in [0.1, 0.15) is 11.3 Å². The maximum atomic E-state index is 13.8. The summed E-state index contributed by atoms with van der Waals surface area (Å²) in [4.78, 5) is 39.5. The second kappa shape index (κ2) is 11.9. The summed E-state index contributed by atoms with van der Waals surface area (Å²) in [6.07, 6.45) is 0. The van der Waals surface area contributed by atoms with Crippen LogP contribution in [0.15, 0.2) is 99.0 Å². The first-order valence-electron chi connectivity index (χ1n) is 12.7. The first-order valence-corrected chi connectivity index (χ1v) is 14.9. The van der Waals surface area contributed by atoms with Crippen LogP contribution in [0.4, 0.5) is 5.13 Å². The largest absolute Gasteiger partial charge is 0.503 e. The molecule has 0 fully saturated rings. The van der Waals surface area contributed by atoms with Crippen molar-refractivity contribution in [2.45, 2.75) is 16.1 Å². The van der Waals surface area contributed by atoms with Crippen LogP contribution < -0.4 is 9.64 Å². The first-order chi connectivity index (χ1) is 20.8. The number of rotatable bonds is 10. The number of ether oxygens (including phenoxy) is 1. The number of aliphatic carboxylic acids is 1. The van der Waals surface area contributed by atoms with Crippen LogP contribution in [-0.2, 0) is 15.3 Å². The molecule has 5 aromatic rings. The molecule has 0 bridgehead atoms. The molecule has 43 heavy (non-hydrogen) atoms. The molecule has 0 radical (unpaired) electrons. The van der Waals surface area contributed by atoms with Crippen molar-refractivity contribution in [3.8, 4) is 5.75 Å². The van der Waals surface area contributed by atoms with Crippen molar-refractivity contribution in [3.63, 3.8) is 0 Å². The number of halogens is 1. The lowest BCUT2D eigenvalue weighted by molar-refractivity contribution is -0.139. The van der Waals surface area contributed by atoms with Gasteiger partial charge in [0.25, 0.3) is 5.91 Å². The van der Waals surface area contributed by atoms with Crippen molar-refractivity contribution in [1.82, 2.24) is 10.2 Å². The number of furan rings is 1. The molecule has 3 aromatic carbocycles. The van der Waals surface area contributed by atoms with Crippen molar-refractivity contribution in [3.05, 3.63) is 112 Å².